The van der Waals surface area contributed by atoms with Gasteiger partial charge in [-0.15, -0.1) is 0 Å². The highest BCUT2D eigenvalue weighted by atomic mass is 79.9. The van der Waals surface area contributed by atoms with E-state index in [-0.39, 0.29) is 5.56 Å². The Hall–Kier alpha value is -1.82. The fraction of sp³-hybridized carbons (Fsp3) is 0.286. The molecule has 4 aromatic rings. The fourth-order valence-corrected chi connectivity index (χ4v) is 4.68. The molecular weight excluding hydrogens is 426 g/mol. The Morgan fingerprint density at radius 3 is 2.56 bits per heavy atom. The second kappa shape index (κ2) is 6.66. The highest BCUT2D eigenvalue weighted by molar-refractivity contribution is 9.10. The zero-order chi connectivity index (χ0) is 19.3. The maximum absolute atomic E-state index is 13.6. The Balaban J connectivity index is 2.32. The topological polar surface area (TPSA) is 63.8 Å². The SMILES string of the molecule is CCC(CC)(CN)n1c(=O)c2[nH]c3ccc(Br)cc3c2c2cc(Cl)ccc21. The molecule has 140 valence electrons. The molecule has 0 saturated carbocycles. The summed E-state index contributed by atoms with van der Waals surface area (Å²) in [6, 6.07) is 11.7. The summed E-state index contributed by atoms with van der Waals surface area (Å²) < 4.78 is 2.85. The number of halogens is 2. The predicted molar refractivity (Wildman–Crippen MR) is 118 cm³/mol. The molecule has 0 spiro atoms. The molecule has 4 rings (SSSR count). The minimum atomic E-state index is -0.435. The van der Waals surface area contributed by atoms with Crippen LogP contribution in [0.4, 0.5) is 0 Å². The number of nitrogens with one attached hydrogen (secondary N) is 1. The average Bonchev–Trinajstić information content (AvgIpc) is 3.05. The summed E-state index contributed by atoms with van der Waals surface area (Å²) in [5.74, 6) is 0. The summed E-state index contributed by atoms with van der Waals surface area (Å²) in [6.07, 6.45) is 1.55. The van der Waals surface area contributed by atoms with E-state index in [9.17, 15) is 4.79 Å². The van der Waals surface area contributed by atoms with Crippen molar-refractivity contribution in [3.8, 4) is 0 Å². The second-order valence-corrected chi connectivity index (χ2v) is 8.35. The van der Waals surface area contributed by atoms with Crippen molar-refractivity contribution in [2.24, 2.45) is 5.73 Å². The van der Waals surface area contributed by atoms with Gasteiger partial charge >= 0.3 is 0 Å². The number of rotatable bonds is 4. The van der Waals surface area contributed by atoms with Gasteiger partial charge < -0.3 is 10.7 Å². The van der Waals surface area contributed by atoms with Crippen LogP contribution >= 0.6 is 27.5 Å². The highest BCUT2D eigenvalue weighted by Gasteiger charge is 2.31. The molecule has 0 atom stereocenters. The number of hydrogen-bond acceptors (Lipinski definition) is 2. The molecule has 4 nitrogen and oxygen atoms in total. The molecule has 2 aromatic carbocycles. The molecule has 6 heteroatoms. The van der Waals surface area contributed by atoms with Crippen molar-refractivity contribution in [3.05, 3.63) is 56.2 Å². The number of aromatic nitrogens is 2. The van der Waals surface area contributed by atoms with E-state index in [1.54, 1.807) is 0 Å². The highest BCUT2D eigenvalue weighted by Crippen LogP contribution is 2.36. The van der Waals surface area contributed by atoms with Gasteiger partial charge in [0.2, 0.25) is 0 Å². The van der Waals surface area contributed by atoms with Crippen molar-refractivity contribution in [2.45, 2.75) is 32.2 Å². The van der Waals surface area contributed by atoms with E-state index in [2.05, 4.69) is 34.8 Å². The number of nitrogens with zero attached hydrogens (tertiary/aromatic N) is 1. The Bertz CT molecular complexity index is 1230. The normalized spacial score (nSPS) is 12.5. The number of fused-ring (bicyclic) bond motifs is 5. The van der Waals surface area contributed by atoms with E-state index in [0.717, 1.165) is 44.5 Å². The molecule has 0 unspecified atom stereocenters. The summed E-state index contributed by atoms with van der Waals surface area (Å²) in [5.41, 5.74) is 8.10. The third-order valence-electron chi connectivity index (χ3n) is 5.82. The lowest BCUT2D eigenvalue weighted by atomic mass is 9.91. The van der Waals surface area contributed by atoms with Crippen LogP contribution in [0.5, 0.6) is 0 Å². The van der Waals surface area contributed by atoms with Gasteiger partial charge in [-0.3, -0.25) is 9.36 Å². The van der Waals surface area contributed by atoms with Crippen LogP contribution in [0.3, 0.4) is 0 Å². The first kappa shape index (κ1) is 18.5. The Labute approximate surface area is 170 Å². The van der Waals surface area contributed by atoms with Crippen molar-refractivity contribution in [1.82, 2.24) is 9.55 Å². The first-order valence-corrected chi connectivity index (χ1v) is 10.3. The first-order chi connectivity index (χ1) is 13.0. The summed E-state index contributed by atoms with van der Waals surface area (Å²) in [4.78, 5) is 17.0. The summed E-state index contributed by atoms with van der Waals surface area (Å²) in [6.45, 7) is 4.56. The van der Waals surface area contributed by atoms with Crippen molar-refractivity contribution in [2.75, 3.05) is 6.54 Å². The van der Waals surface area contributed by atoms with E-state index in [1.165, 1.54) is 0 Å². The summed E-state index contributed by atoms with van der Waals surface area (Å²) in [5, 5.41) is 3.51. The van der Waals surface area contributed by atoms with Crippen LogP contribution in [-0.2, 0) is 5.54 Å². The number of nitrogens with two attached hydrogens (primary N) is 1. The van der Waals surface area contributed by atoms with E-state index in [0.29, 0.717) is 17.1 Å². The smallest absolute Gasteiger partial charge is 0.275 e. The third-order valence-corrected chi connectivity index (χ3v) is 6.55. The van der Waals surface area contributed by atoms with Gasteiger partial charge in [-0.1, -0.05) is 41.4 Å². The summed E-state index contributed by atoms with van der Waals surface area (Å²) in [7, 11) is 0. The molecule has 3 N–H and O–H groups in total. The largest absolute Gasteiger partial charge is 0.350 e. The molecule has 0 radical (unpaired) electrons. The molecule has 0 saturated heterocycles. The van der Waals surface area contributed by atoms with Gasteiger partial charge in [-0.2, -0.15) is 0 Å². The quantitative estimate of drug-likeness (QED) is 0.433. The lowest BCUT2D eigenvalue weighted by molar-refractivity contribution is 0.274. The molecule has 0 fully saturated rings. The predicted octanol–water partition coefficient (Wildman–Crippen LogP) is 5.53. The lowest BCUT2D eigenvalue weighted by Crippen LogP contribution is -2.46. The van der Waals surface area contributed by atoms with Crippen LogP contribution in [0.25, 0.3) is 32.7 Å². The molecule has 2 aromatic heterocycles. The van der Waals surface area contributed by atoms with Crippen molar-refractivity contribution in [3.63, 3.8) is 0 Å². The first-order valence-electron chi connectivity index (χ1n) is 9.11. The van der Waals surface area contributed by atoms with Crippen molar-refractivity contribution < 1.29 is 0 Å². The molecule has 0 bridgehead atoms. The van der Waals surface area contributed by atoms with E-state index in [4.69, 9.17) is 17.3 Å². The van der Waals surface area contributed by atoms with E-state index in [1.807, 2.05) is 41.0 Å². The minimum Gasteiger partial charge on any atom is -0.350 e. The molecule has 0 aliphatic heterocycles. The Morgan fingerprint density at radius 1 is 1.15 bits per heavy atom. The summed E-state index contributed by atoms with van der Waals surface area (Å²) >= 11 is 9.88. The Kier molecular flexibility index (Phi) is 4.57. The molecule has 0 aliphatic rings. The number of pyridine rings is 1. The van der Waals surface area contributed by atoms with Crippen LogP contribution in [0.1, 0.15) is 26.7 Å². The second-order valence-electron chi connectivity index (χ2n) is 7.00. The number of aromatic amines is 1. The standard InChI is InChI=1S/C21H21BrClN3O/c1-3-21(4-2,11-24)26-17-8-6-13(23)10-15(17)18-14-9-12(22)5-7-16(14)25-19(18)20(26)27/h5-10,25H,3-4,11,24H2,1-2H3. The molecular formula is C21H21BrClN3O. The van der Waals surface area contributed by atoms with Gasteiger partial charge in [0.1, 0.15) is 5.52 Å². The minimum absolute atomic E-state index is 0.0405. The number of H-pyrrole nitrogens is 1. The van der Waals surface area contributed by atoms with Gasteiger partial charge in [0.15, 0.2) is 0 Å². The van der Waals surface area contributed by atoms with Crippen LogP contribution in [0, 0.1) is 0 Å². The molecule has 27 heavy (non-hydrogen) atoms. The van der Waals surface area contributed by atoms with Crippen molar-refractivity contribution in [1.29, 1.82) is 0 Å². The van der Waals surface area contributed by atoms with Crippen LogP contribution < -0.4 is 11.3 Å². The van der Waals surface area contributed by atoms with E-state index < -0.39 is 5.54 Å². The maximum Gasteiger partial charge on any atom is 0.275 e. The lowest BCUT2D eigenvalue weighted by Gasteiger charge is -2.34. The van der Waals surface area contributed by atoms with Crippen LogP contribution in [-0.4, -0.2) is 16.1 Å². The molecule has 0 amide bonds. The molecule has 0 aliphatic carbocycles. The maximum atomic E-state index is 13.6. The van der Waals surface area contributed by atoms with Gasteiger partial charge in [0.25, 0.3) is 5.56 Å². The number of benzene rings is 2. The zero-order valence-electron chi connectivity index (χ0n) is 15.3. The van der Waals surface area contributed by atoms with Gasteiger partial charge in [0, 0.05) is 37.7 Å². The zero-order valence-corrected chi connectivity index (χ0v) is 17.6. The Morgan fingerprint density at radius 2 is 1.89 bits per heavy atom. The van der Waals surface area contributed by atoms with Gasteiger partial charge in [-0.05, 0) is 49.2 Å². The van der Waals surface area contributed by atoms with Gasteiger partial charge in [0.05, 0.1) is 11.1 Å². The number of hydrogen-bond donors (Lipinski definition) is 2. The van der Waals surface area contributed by atoms with Crippen molar-refractivity contribution >= 4 is 60.2 Å². The monoisotopic (exact) mass is 445 g/mol. The van der Waals surface area contributed by atoms with Crippen LogP contribution in [0.2, 0.25) is 5.02 Å². The fourth-order valence-electron chi connectivity index (χ4n) is 4.15. The molecule has 2 heterocycles. The third kappa shape index (κ3) is 2.64. The van der Waals surface area contributed by atoms with Crippen LogP contribution in [0.15, 0.2) is 45.7 Å². The van der Waals surface area contributed by atoms with E-state index >= 15 is 0 Å². The van der Waals surface area contributed by atoms with Gasteiger partial charge in [-0.25, -0.2) is 0 Å². The average molecular weight is 447 g/mol.